The molecule has 0 aliphatic rings. The fraction of sp³-hybridized carbons (Fsp3) is 1.00. The molecule has 0 saturated carbocycles. The third kappa shape index (κ3) is 13.0. The van der Waals surface area contributed by atoms with Gasteiger partial charge in [0, 0.05) is 25.9 Å². The van der Waals surface area contributed by atoms with Gasteiger partial charge < -0.3 is 18.1 Å². The molecule has 0 aromatic rings. The number of hydrogen-bond donors (Lipinski definition) is 1. The maximum absolute atomic E-state index is 5.88. The summed E-state index contributed by atoms with van der Waals surface area (Å²) in [6.45, 7) is 8.73. The molecule has 0 radical (unpaired) electrons. The van der Waals surface area contributed by atoms with E-state index in [2.05, 4.69) is 4.84 Å². The smallest absolute Gasteiger partial charge is 0.374 e. The van der Waals surface area contributed by atoms with E-state index in [1.54, 1.807) is 0 Å². The first-order valence-corrected chi connectivity index (χ1v) is 11.4. The summed E-state index contributed by atoms with van der Waals surface area (Å²) in [6, 6.07) is 0.946. The van der Waals surface area contributed by atoms with Gasteiger partial charge in [0.15, 0.2) is 0 Å². The van der Waals surface area contributed by atoms with Crippen LogP contribution in [0.3, 0.4) is 0 Å². The van der Waals surface area contributed by atoms with Gasteiger partial charge in [-0.2, -0.15) is 0 Å². The Bertz CT molecular complexity index is 228. The predicted octanol–water partition coefficient (Wildman–Crippen LogP) is 4.44. The van der Waals surface area contributed by atoms with Crippen LogP contribution in [0.2, 0.25) is 6.04 Å². The van der Waals surface area contributed by atoms with E-state index >= 15 is 0 Å². The van der Waals surface area contributed by atoms with Crippen LogP contribution in [0.25, 0.3) is 0 Å². The van der Waals surface area contributed by atoms with Crippen LogP contribution in [-0.4, -0.2) is 35.2 Å². The van der Waals surface area contributed by atoms with Crippen molar-refractivity contribution >= 4 is 8.80 Å². The molecule has 0 aliphatic heterocycles. The summed E-state index contributed by atoms with van der Waals surface area (Å²) in [5.74, 6) is 5.00. The van der Waals surface area contributed by atoms with Crippen LogP contribution < -0.4 is 5.90 Å². The molecule has 0 aromatic carbocycles. The van der Waals surface area contributed by atoms with Crippen LogP contribution in [0.15, 0.2) is 0 Å². The average Bonchev–Trinajstić information content (AvgIpc) is 2.53. The van der Waals surface area contributed by atoms with Gasteiger partial charge in [-0.25, -0.2) is 5.90 Å². The fourth-order valence-electron chi connectivity index (χ4n) is 2.77. The zero-order chi connectivity index (χ0) is 17.2. The Kier molecular flexibility index (Phi) is 16.9. The Hall–Kier alpha value is 0.0169. The second-order valence-electron chi connectivity index (χ2n) is 5.78. The Morgan fingerprint density at radius 3 is 1.39 bits per heavy atom. The third-order valence-electron chi connectivity index (χ3n) is 3.84. The molecule has 0 rings (SSSR count). The van der Waals surface area contributed by atoms with Crippen molar-refractivity contribution < 1.29 is 18.1 Å². The minimum absolute atomic E-state index is 0.668. The van der Waals surface area contributed by atoms with Gasteiger partial charge in [-0.05, 0) is 33.6 Å². The molecule has 0 saturated heterocycles. The second kappa shape index (κ2) is 16.9. The van der Waals surface area contributed by atoms with E-state index < -0.39 is 8.80 Å². The van der Waals surface area contributed by atoms with Crippen molar-refractivity contribution in [1.29, 1.82) is 0 Å². The Balaban J connectivity index is 3.65. The molecule has 6 heteroatoms. The highest BCUT2D eigenvalue weighted by atomic mass is 28.4. The lowest BCUT2D eigenvalue weighted by Crippen LogP contribution is -2.45. The second-order valence-corrected chi connectivity index (χ2v) is 8.52. The molecule has 0 spiro atoms. The Morgan fingerprint density at radius 1 is 0.609 bits per heavy atom. The van der Waals surface area contributed by atoms with E-state index in [1.165, 1.54) is 44.9 Å². The van der Waals surface area contributed by atoms with Gasteiger partial charge in [0.25, 0.3) is 0 Å². The summed E-state index contributed by atoms with van der Waals surface area (Å²) in [7, 11) is -2.41. The van der Waals surface area contributed by atoms with Crippen molar-refractivity contribution in [2.45, 2.75) is 84.6 Å². The van der Waals surface area contributed by atoms with Crippen molar-refractivity contribution in [3.8, 4) is 0 Å². The van der Waals surface area contributed by atoms with E-state index in [0.29, 0.717) is 26.4 Å². The largest absolute Gasteiger partial charge is 0.500 e. The molecule has 0 atom stereocenters. The van der Waals surface area contributed by atoms with Crippen molar-refractivity contribution in [2.24, 2.45) is 5.90 Å². The van der Waals surface area contributed by atoms with Crippen LogP contribution in [0.4, 0.5) is 0 Å². The molecule has 0 fully saturated rings. The van der Waals surface area contributed by atoms with Gasteiger partial charge in [0.2, 0.25) is 0 Å². The molecule has 0 aromatic heterocycles. The number of rotatable bonds is 18. The zero-order valence-corrected chi connectivity index (χ0v) is 16.6. The van der Waals surface area contributed by atoms with Gasteiger partial charge in [-0.1, -0.05) is 44.9 Å². The lowest BCUT2D eigenvalue weighted by molar-refractivity contribution is 0.0706. The number of hydrogen-bond acceptors (Lipinski definition) is 5. The fourth-order valence-corrected chi connectivity index (χ4v) is 5.45. The standard InChI is InChI=1S/C17H39NO4Si/c1-4-20-23(21-5-2,22-6-3)17-15-13-11-9-7-8-10-12-14-16-19-18/h4-18H2,1-3H3. The highest BCUT2D eigenvalue weighted by molar-refractivity contribution is 6.60. The average molecular weight is 350 g/mol. The van der Waals surface area contributed by atoms with E-state index in [4.69, 9.17) is 19.2 Å². The molecule has 2 N–H and O–H groups in total. The molecular formula is C17H39NO4Si. The van der Waals surface area contributed by atoms with Crippen molar-refractivity contribution in [3.63, 3.8) is 0 Å². The van der Waals surface area contributed by atoms with Crippen LogP contribution in [0.1, 0.15) is 78.6 Å². The molecule has 5 nitrogen and oxygen atoms in total. The van der Waals surface area contributed by atoms with Gasteiger partial charge in [-0.15, -0.1) is 0 Å². The van der Waals surface area contributed by atoms with Crippen molar-refractivity contribution in [3.05, 3.63) is 0 Å². The normalized spacial score (nSPS) is 12.0. The highest BCUT2D eigenvalue weighted by Crippen LogP contribution is 2.20. The van der Waals surface area contributed by atoms with E-state index in [0.717, 1.165) is 18.9 Å². The molecule has 0 bridgehead atoms. The maximum atomic E-state index is 5.88. The van der Waals surface area contributed by atoms with E-state index in [1.807, 2.05) is 20.8 Å². The summed E-state index contributed by atoms with van der Waals surface area (Å²) in [6.07, 6.45) is 11.2. The minimum Gasteiger partial charge on any atom is -0.374 e. The summed E-state index contributed by atoms with van der Waals surface area (Å²) in [5.41, 5.74) is 0. The van der Waals surface area contributed by atoms with Crippen molar-refractivity contribution in [2.75, 3.05) is 26.4 Å². The Labute approximate surface area is 144 Å². The summed E-state index contributed by atoms with van der Waals surface area (Å²) < 4.78 is 17.6. The quantitative estimate of drug-likeness (QED) is 0.225. The highest BCUT2D eigenvalue weighted by Gasteiger charge is 2.39. The zero-order valence-electron chi connectivity index (χ0n) is 15.6. The molecule has 0 unspecified atom stereocenters. The molecule has 0 amide bonds. The lowest BCUT2D eigenvalue weighted by Gasteiger charge is -2.28. The molecule has 140 valence electrons. The molecule has 0 heterocycles. The first kappa shape index (κ1) is 23.0. The van der Waals surface area contributed by atoms with Gasteiger partial charge in [0.05, 0.1) is 6.61 Å². The topological polar surface area (TPSA) is 62.9 Å². The monoisotopic (exact) mass is 349 g/mol. The van der Waals surface area contributed by atoms with Gasteiger partial charge >= 0.3 is 8.80 Å². The molecule has 0 aliphatic carbocycles. The minimum atomic E-state index is -2.41. The van der Waals surface area contributed by atoms with E-state index in [-0.39, 0.29) is 0 Å². The SMILES string of the molecule is CCO[Si](CCCCCCCCCCCON)(OCC)OCC. The number of unbranched alkanes of at least 4 members (excludes halogenated alkanes) is 8. The third-order valence-corrected chi connectivity index (χ3v) is 6.99. The van der Waals surface area contributed by atoms with Gasteiger partial charge in [0.1, 0.15) is 0 Å². The molecule has 23 heavy (non-hydrogen) atoms. The first-order chi connectivity index (χ1) is 11.2. The Morgan fingerprint density at radius 2 is 1.00 bits per heavy atom. The summed E-state index contributed by atoms with van der Waals surface area (Å²) >= 11 is 0. The van der Waals surface area contributed by atoms with Crippen LogP contribution in [-0.2, 0) is 18.1 Å². The molecular weight excluding hydrogens is 310 g/mol. The number of nitrogens with two attached hydrogens (primary N) is 1. The van der Waals surface area contributed by atoms with Crippen LogP contribution in [0, 0.1) is 0 Å². The van der Waals surface area contributed by atoms with Crippen molar-refractivity contribution in [1.82, 2.24) is 0 Å². The summed E-state index contributed by atoms with van der Waals surface area (Å²) in [4.78, 5) is 4.57. The van der Waals surface area contributed by atoms with Crippen LogP contribution in [0.5, 0.6) is 0 Å². The van der Waals surface area contributed by atoms with Crippen LogP contribution >= 0.6 is 0 Å². The predicted molar refractivity (Wildman–Crippen MR) is 97.1 cm³/mol. The first-order valence-electron chi connectivity index (χ1n) is 9.48. The van der Waals surface area contributed by atoms with E-state index in [9.17, 15) is 0 Å². The summed E-state index contributed by atoms with van der Waals surface area (Å²) in [5, 5.41) is 0. The maximum Gasteiger partial charge on any atom is 0.500 e. The lowest BCUT2D eigenvalue weighted by atomic mass is 10.1. The van der Waals surface area contributed by atoms with Gasteiger partial charge in [-0.3, -0.25) is 0 Å².